The Bertz CT molecular complexity index is 914. The topological polar surface area (TPSA) is 72.9 Å². The fourth-order valence-electron chi connectivity index (χ4n) is 3.05. The van der Waals surface area contributed by atoms with Crippen molar-refractivity contribution >= 4 is 24.8 Å². The average Bonchev–Trinajstić information content (AvgIpc) is 2.66. The lowest BCUT2D eigenvalue weighted by molar-refractivity contribution is -0.150. The first kappa shape index (κ1) is 21.6. The summed E-state index contributed by atoms with van der Waals surface area (Å²) in [7, 11) is -0.983. The monoisotopic (exact) mass is 419 g/mol. The molecular formula is C20H17BF3NO5. The maximum atomic E-state index is 13.7. The molecule has 0 amide bonds. The van der Waals surface area contributed by atoms with Crippen molar-refractivity contribution in [3.05, 3.63) is 60.2 Å². The van der Waals surface area contributed by atoms with Gasteiger partial charge in [-0.05, 0) is 18.2 Å². The minimum absolute atomic E-state index is 0.247. The first-order valence-electron chi connectivity index (χ1n) is 8.99. The number of hydrogen-bond donors (Lipinski definition) is 0. The largest absolute Gasteiger partial charge is 0.619 e. The molecule has 1 aliphatic rings. The Kier molecular flexibility index (Phi) is 6.26. The normalized spacial score (nSPS) is 16.9. The number of ketones is 1. The third-order valence-corrected chi connectivity index (χ3v) is 4.48. The molecule has 2 aromatic rings. The third-order valence-electron chi connectivity index (χ3n) is 4.48. The molecule has 0 aromatic heterocycles. The highest BCUT2D eigenvalue weighted by atomic mass is 19.4. The highest BCUT2D eigenvalue weighted by Gasteiger charge is 2.58. The van der Waals surface area contributed by atoms with Gasteiger partial charge in [-0.3, -0.25) is 19.3 Å². The number of rotatable bonds is 4. The molecule has 30 heavy (non-hydrogen) atoms. The predicted octanol–water partition coefficient (Wildman–Crippen LogP) is 2.99. The van der Waals surface area contributed by atoms with E-state index in [9.17, 15) is 27.6 Å². The van der Waals surface area contributed by atoms with Gasteiger partial charge >= 0.3 is 25.2 Å². The first-order chi connectivity index (χ1) is 14.1. The third kappa shape index (κ3) is 5.07. The molecular weight excluding hydrogens is 402 g/mol. The molecule has 0 radical (unpaired) electrons. The van der Waals surface area contributed by atoms with Gasteiger partial charge in [0.25, 0.3) is 0 Å². The second-order valence-corrected chi connectivity index (χ2v) is 6.85. The number of nitrogens with zero attached hydrogens (tertiary/aromatic N) is 1. The zero-order chi connectivity index (χ0) is 21.9. The summed E-state index contributed by atoms with van der Waals surface area (Å²) < 4.78 is 50.6. The van der Waals surface area contributed by atoms with E-state index in [1.807, 2.05) is 30.3 Å². The van der Waals surface area contributed by atoms with Crippen LogP contribution >= 0.6 is 0 Å². The van der Waals surface area contributed by atoms with Crippen LogP contribution in [-0.2, 0) is 18.9 Å². The zero-order valence-corrected chi connectivity index (χ0v) is 15.9. The molecule has 3 rings (SSSR count). The molecule has 0 bridgehead atoms. The van der Waals surface area contributed by atoms with E-state index < -0.39 is 49.9 Å². The Morgan fingerprint density at radius 3 is 1.93 bits per heavy atom. The van der Waals surface area contributed by atoms with Gasteiger partial charge in [-0.1, -0.05) is 54.6 Å². The van der Waals surface area contributed by atoms with Crippen molar-refractivity contribution in [1.29, 1.82) is 0 Å². The number of benzene rings is 2. The Morgan fingerprint density at radius 1 is 0.933 bits per heavy atom. The van der Waals surface area contributed by atoms with Crippen LogP contribution in [0.2, 0.25) is 5.82 Å². The van der Waals surface area contributed by atoms with Crippen LogP contribution in [0, 0.1) is 0 Å². The van der Waals surface area contributed by atoms with E-state index >= 15 is 0 Å². The van der Waals surface area contributed by atoms with Crippen LogP contribution in [0.15, 0.2) is 54.6 Å². The molecule has 0 unspecified atom stereocenters. The van der Waals surface area contributed by atoms with Gasteiger partial charge in [0.05, 0.1) is 13.1 Å². The van der Waals surface area contributed by atoms with Crippen molar-refractivity contribution < 1.29 is 36.9 Å². The Balaban J connectivity index is 1.89. The molecule has 1 heterocycles. The van der Waals surface area contributed by atoms with E-state index in [0.717, 1.165) is 5.56 Å². The van der Waals surface area contributed by atoms with Gasteiger partial charge < -0.3 is 9.31 Å². The molecule has 0 spiro atoms. The Morgan fingerprint density at radius 2 is 1.43 bits per heavy atom. The van der Waals surface area contributed by atoms with E-state index in [1.165, 1.54) is 36.2 Å². The molecule has 156 valence electrons. The summed E-state index contributed by atoms with van der Waals surface area (Å²) in [5.74, 6) is -6.26. The van der Waals surface area contributed by atoms with E-state index in [2.05, 4.69) is 0 Å². The zero-order valence-electron chi connectivity index (χ0n) is 15.9. The Hall–Kier alpha value is -3.14. The van der Waals surface area contributed by atoms with Crippen LogP contribution in [0.5, 0.6) is 0 Å². The minimum atomic E-state index is -5.11. The second-order valence-electron chi connectivity index (χ2n) is 6.85. The van der Waals surface area contributed by atoms with Crippen LogP contribution < -0.4 is 0 Å². The number of likely N-dealkylation sites (N-methyl/N-ethyl adjacent to an activating group) is 1. The van der Waals surface area contributed by atoms with Crippen molar-refractivity contribution in [1.82, 2.24) is 4.90 Å². The lowest BCUT2D eigenvalue weighted by atomic mass is 9.67. The molecule has 1 atom stereocenters. The van der Waals surface area contributed by atoms with Gasteiger partial charge in [0.2, 0.25) is 0 Å². The lowest BCUT2D eigenvalue weighted by Gasteiger charge is -2.27. The summed E-state index contributed by atoms with van der Waals surface area (Å²) in [6, 6.07) is 14.6. The van der Waals surface area contributed by atoms with Crippen molar-refractivity contribution in [2.75, 3.05) is 20.1 Å². The summed E-state index contributed by atoms with van der Waals surface area (Å²) in [6.45, 7) is -0.813. The van der Waals surface area contributed by atoms with Gasteiger partial charge in [-0.15, -0.1) is 0 Å². The van der Waals surface area contributed by atoms with Crippen LogP contribution in [0.3, 0.4) is 0 Å². The summed E-state index contributed by atoms with van der Waals surface area (Å²) in [4.78, 5) is 37.6. The molecule has 6 nitrogen and oxygen atoms in total. The summed E-state index contributed by atoms with van der Waals surface area (Å²) in [6.07, 6.45) is -5.11. The number of alkyl halides is 3. The van der Waals surface area contributed by atoms with Crippen molar-refractivity contribution in [3.63, 3.8) is 0 Å². The van der Waals surface area contributed by atoms with E-state index in [0.29, 0.717) is 5.56 Å². The molecule has 0 aliphatic carbocycles. The van der Waals surface area contributed by atoms with Gasteiger partial charge in [-0.2, -0.15) is 13.2 Å². The van der Waals surface area contributed by atoms with Crippen molar-refractivity contribution in [2.45, 2.75) is 12.0 Å². The van der Waals surface area contributed by atoms with Crippen LogP contribution in [0.25, 0.3) is 11.1 Å². The lowest BCUT2D eigenvalue weighted by Crippen LogP contribution is -2.49. The maximum absolute atomic E-state index is 13.7. The summed E-state index contributed by atoms with van der Waals surface area (Å²) in [5.41, 5.74) is 1.29. The molecule has 1 aliphatic heterocycles. The van der Waals surface area contributed by atoms with E-state index in [1.54, 1.807) is 0 Å². The smallest absolute Gasteiger partial charge is 0.498 e. The number of Topliss-reactive ketones (excluding diaryl/α,β-unsaturated/α-hetero) is 1. The fraction of sp³-hybridized carbons (Fsp3) is 0.250. The van der Waals surface area contributed by atoms with E-state index in [-0.39, 0.29) is 5.56 Å². The van der Waals surface area contributed by atoms with Crippen LogP contribution in [0.1, 0.15) is 10.4 Å². The van der Waals surface area contributed by atoms with Crippen molar-refractivity contribution in [3.8, 4) is 11.1 Å². The van der Waals surface area contributed by atoms with Crippen LogP contribution in [-0.4, -0.2) is 56.1 Å². The average molecular weight is 419 g/mol. The molecule has 1 saturated heterocycles. The molecule has 1 fully saturated rings. The van der Waals surface area contributed by atoms with Crippen LogP contribution in [0.4, 0.5) is 13.2 Å². The number of carbonyl (C=O) groups is 3. The molecule has 10 heteroatoms. The number of carbonyl (C=O) groups excluding carboxylic acids is 3. The number of halogens is 3. The van der Waals surface area contributed by atoms with Gasteiger partial charge in [-0.25, -0.2) is 0 Å². The summed E-state index contributed by atoms with van der Waals surface area (Å²) in [5, 5.41) is 0. The standard InChI is InChI=1S/C20H17BF3NO5/c1-25-11-16(26)29-21(30-17(27)12-25)19(20(22,23)24)18(28)15-9-7-14(8-10-15)13-5-3-2-4-6-13/h2-10,19H,11-12H2,1H3/t19-/m1/s1. The summed E-state index contributed by atoms with van der Waals surface area (Å²) >= 11 is 0. The van der Waals surface area contributed by atoms with Gasteiger partial charge in [0.15, 0.2) is 11.6 Å². The Labute approximate surface area is 170 Å². The second kappa shape index (κ2) is 8.70. The minimum Gasteiger partial charge on any atom is -0.498 e. The quantitative estimate of drug-likeness (QED) is 0.561. The SMILES string of the molecule is CN1CC(=O)OB([C@H](C(=O)c2ccc(-c3ccccc3)cc2)C(F)(F)F)OC(=O)C1. The fourth-order valence-corrected chi connectivity index (χ4v) is 3.05. The number of hydrogen-bond acceptors (Lipinski definition) is 6. The van der Waals surface area contributed by atoms with Gasteiger partial charge in [0, 0.05) is 5.56 Å². The highest BCUT2D eigenvalue weighted by Crippen LogP contribution is 2.38. The first-order valence-corrected chi connectivity index (χ1v) is 8.99. The maximum Gasteiger partial charge on any atom is 0.619 e. The molecule has 2 aromatic carbocycles. The van der Waals surface area contributed by atoms with E-state index in [4.69, 9.17) is 9.31 Å². The van der Waals surface area contributed by atoms with Crippen molar-refractivity contribution in [2.24, 2.45) is 0 Å². The van der Waals surface area contributed by atoms with Gasteiger partial charge in [0.1, 0.15) is 0 Å². The predicted molar refractivity (Wildman–Crippen MR) is 101 cm³/mol. The molecule has 0 N–H and O–H groups in total. The highest BCUT2D eigenvalue weighted by molar-refractivity contribution is 6.57. The molecule has 0 saturated carbocycles.